The molecule has 13 heavy (non-hydrogen) atoms. The highest BCUT2D eigenvalue weighted by molar-refractivity contribution is 5.99. The number of aryl methyl sites for hydroxylation is 1. The minimum Gasteiger partial charge on any atom is -0.322 e. The van der Waals surface area contributed by atoms with E-state index in [1.807, 2.05) is 38.1 Å². The number of carbonyl (C=O) groups is 1. The second-order valence-electron chi connectivity index (χ2n) is 2.80. The first-order chi connectivity index (χ1) is 6.24. The fourth-order valence-electron chi connectivity index (χ4n) is 1.04. The standard InChI is InChI=1S/C11H13NO/c1-3-6-11(13)12-10-8-5-4-7-9(10)2/h3-8H,1-2H3,(H,12,13)/b6-3+. The molecule has 1 amide bonds. The third kappa shape index (κ3) is 2.75. The van der Waals surface area contributed by atoms with Crippen LogP contribution >= 0.6 is 0 Å². The van der Waals surface area contributed by atoms with Crippen molar-refractivity contribution in [3.8, 4) is 0 Å². The van der Waals surface area contributed by atoms with Crippen molar-refractivity contribution in [2.75, 3.05) is 5.32 Å². The minimum atomic E-state index is -0.0863. The molecule has 0 radical (unpaired) electrons. The van der Waals surface area contributed by atoms with E-state index in [1.54, 1.807) is 6.08 Å². The molecule has 0 aliphatic rings. The molecule has 0 saturated carbocycles. The van der Waals surface area contributed by atoms with Crippen LogP contribution in [-0.2, 0) is 4.79 Å². The maximum absolute atomic E-state index is 11.2. The Balaban J connectivity index is 2.74. The van der Waals surface area contributed by atoms with E-state index in [-0.39, 0.29) is 5.91 Å². The van der Waals surface area contributed by atoms with Crippen LogP contribution in [0.25, 0.3) is 0 Å². The lowest BCUT2D eigenvalue weighted by molar-refractivity contribution is -0.111. The first kappa shape index (κ1) is 9.52. The van der Waals surface area contributed by atoms with E-state index in [2.05, 4.69) is 5.32 Å². The summed E-state index contributed by atoms with van der Waals surface area (Å²) in [4.78, 5) is 11.2. The van der Waals surface area contributed by atoms with E-state index in [1.165, 1.54) is 6.08 Å². The largest absolute Gasteiger partial charge is 0.322 e. The van der Waals surface area contributed by atoms with E-state index in [0.29, 0.717) is 0 Å². The number of nitrogens with one attached hydrogen (secondary N) is 1. The lowest BCUT2D eigenvalue weighted by atomic mass is 10.2. The summed E-state index contributed by atoms with van der Waals surface area (Å²) in [5.41, 5.74) is 1.94. The number of hydrogen-bond acceptors (Lipinski definition) is 1. The number of anilines is 1. The third-order valence-corrected chi connectivity index (χ3v) is 1.72. The summed E-state index contributed by atoms with van der Waals surface area (Å²) in [6.07, 6.45) is 3.22. The SMILES string of the molecule is C/C=C/C(=O)Nc1ccccc1C. The van der Waals surface area contributed by atoms with Gasteiger partial charge in [0.1, 0.15) is 0 Å². The molecule has 0 heterocycles. The van der Waals surface area contributed by atoms with Crippen LogP contribution in [0.1, 0.15) is 12.5 Å². The van der Waals surface area contributed by atoms with Crippen molar-refractivity contribution in [1.82, 2.24) is 0 Å². The molecule has 0 aliphatic carbocycles. The second-order valence-corrected chi connectivity index (χ2v) is 2.80. The van der Waals surface area contributed by atoms with Gasteiger partial charge in [-0.3, -0.25) is 4.79 Å². The van der Waals surface area contributed by atoms with Crippen molar-refractivity contribution in [3.63, 3.8) is 0 Å². The van der Waals surface area contributed by atoms with Crippen molar-refractivity contribution in [2.45, 2.75) is 13.8 Å². The highest BCUT2D eigenvalue weighted by atomic mass is 16.1. The first-order valence-electron chi connectivity index (χ1n) is 4.23. The van der Waals surface area contributed by atoms with Crippen molar-refractivity contribution in [3.05, 3.63) is 42.0 Å². The Kier molecular flexibility index (Phi) is 3.26. The number of para-hydroxylation sites is 1. The molecule has 2 nitrogen and oxygen atoms in total. The van der Waals surface area contributed by atoms with Gasteiger partial charge in [-0.25, -0.2) is 0 Å². The zero-order valence-corrected chi connectivity index (χ0v) is 7.87. The fraction of sp³-hybridized carbons (Fsp3) is 0.182. The van der Waals surface area contributed by atoms with Gasteiger partial charge < -0.3 is 5.32 Å². The summed E-state index contributed by atoms with van der Waals surface area (Å²) in [7, 11) is 0. The smallest absolute Gasteiger partial charge is 0.248 e. The average molecular weight is 175 g/mol. The van der Waals surface area contributed by atoms with Crippen LogP contribution in [0.2, 0.25) is 0 Å². The maximum atomic E-state index is 11.2. The van der Waals surface area contributed by atoms with Gasteiger partial charge >= 0.3 is 0 Å². The lowest BCUT2D eigenvalue weighted by Crippen LogP contribution is -2.08. The molecule has 0 bridgehead atoms. The normalized spacial score (nSPS) is 10.3. The molecule has 0 unspecified atom stereocenters. The molecule has 0 fully saturated rings. The second kappa shape index (κ2) is 4.45. The molecule has 0 aliphatic heterocycles. The van der Waals surface area contributed by atoms with Crippen LogP contribution in [0.15, 0.2) is 36.4 Å². The maximum Gasteiger partial charge on any atom is 0.248 e. The van der Waals surface area contributed by atoms with E-state index in [0.717, 1.165) is 11.3 Å². The van der Waals surface area contributed by atoms with Gasteiger partial charge in [0.05, 0.1) is 0 Å². The predicted octanol–water partition coefficient (Wildman–Crippen LogP) is 2.51. The van der Waals surface area contributed by atoms with E-state index >= 15 is 0 Å². The van der Waals surface area contributed by atoms with Crippen LogP contribution in [0.5, 0.6) is 0 Å². The quantitative estimate of drug-likeness (QED) is 0.687. The Morgan fingerprint density at radius 1 is 1.38 bits per heavy atom. The zero-order valence-electron chi connectivity index (χ0n) is 7.87. The van der Waals surface area contributed by atoms with Crippen molar-refractivity contribution < 1.29 is 4.79 Å². The van der Waals surface area contributed by atoms with Gasteiger partial charge in [0, 0.05) is 5.69 Å². The number of carbonyl (C=O) groups excluding carboxylic acids is 1. The molecule has 0 aromatic heterocycles. The molecule has 0 atom stereocenters. The molecular formula is C11H13NO. The Morgan fingerprint density at radius 3 is 2.69 bits per heavy atom. The van der Waals surface area contributed by atoms with Crippen molar-refractivity contribution in [2.24, 2.45) is 0 Å². The van der Waals surface area contributed by atoms with Crippen LogP contribution in [0.4, 0.5) is 5.69 Å². The van der Waals surface area contributed by atoms with Crippen LogP contribution in [0, 0.1) is 6.92 Å². The Hall–Kier alpha value is -1.57. The van der Waals surface area contributed by atoms with Gasteiger partial charge in [-0.1, -0.05) is 24.3 Å². The molecule has 1 rings (SSSR count). The Morgan fingerprint density at radius 2 is 2.08 bits per heavy atom. The molecular weight excluding hydrogens is 162 g/mol. The molecule has 0 saturated heterocycles. The van der Waals surface area contributed by atoms with E-state index in [9.17, 15) is 4.79 Å². The fourth-order valence-corrected chi connectivity index (χ4v) is 1.04. The van der Waals surface area contributed by atoms with E-state index < -0.39 is 0 Å². The molecule has 2 heteroatoms. The van der Waals surface area contributed by atoms with E-state index in [4.69, 9.17) is 0 Å². The minimum absolute atomic E-state index is 0.0863. The molecule has 1 aromatic carbocycles. The number of rotatable bonds is 2. The van der Waals surface area contributed by atoms with Crippen molar-refractivity contribution in [1.29, 1.82) is 0 Å². The Bertz CT molecular complexity index is 329. The third-order valence-electron chi connectivity index (χ3n) is 1.72. The van der Waals surface area contributed by atoms with Gasteiger partial charge in [0.25, 0.3) is 0 Å². The van der Waals surface area contributed by atoms with Gasteiger partial charge in [0.15, 0.2) is 0 Å². The van der Waals surface area contributed by atoms with Gasteiger partial charge in [0.2, 0.25) is 5.91 Å². The summed E-state index contributed by atoms with van der Waals surface area (Å²) in [6.45, 7) is 3.78. The first-order valence-corrected chi connectivity index (χ1v) is 4.23. The van der Waals surface area contributed by atoms with Crippen LogP contribution < -0.4 is 5.32 Å². The van der Waals surface area contributed by atoms with Gasteiger partial charge in [-0.05, 0) is 31.6 Å². The highest BCUT2D eigenvalue weighted by Crippen LogP contribution is 2.12. The zero-order chi connectivity index (χ0) is 9.68. The summed E-state index contributed by atoms with van der Waals surface area (Å²) in [5, 5.41) is 2.79. The van der Waals surface area contributed by atoms with Gasteiger partial charge in [-0.2, -0.15) is 0 Å². The lowest BCUT2D eigenvalue weighted by Gasteiger charge is -2.04. The number of benzene rings is 1. The predicted molar refractivity (Wildman–Crippen MR) is 54.6 cm³/mol. The topological polar surface area (TPSA) is 29.1 Å². The molecule has 1 aromatic rings. The molecule has 1 N–H and O–H groups in total. The van der Waals surface area contributed by atoms with Gasteiger partial charge in [-0.15, -0.1) is 0 Å². The number of hydrogen-bond donors (Lipinski definition) is 1. The summed E-state index contributed by atoms with van der Waals surface area (Å²) in [6, 6.07) is 7.70. The highest BCUT2D eigenvalue weighted by Gasteiger charge is 1.98. The average Bonchev–Trinajstić information content (AvgIpc) is 2.09. The van der Waals surface area contributed by atoms with Crippen LogP contribution in [0.3, 0.4) is 0 Å². The van der Waals surface area contributed by atoms with Crippen molar-refractivity contribution >= 4 is 11.6 Å². The monoisotopic (exact) mass is 175 g/mol. The molecule has 0 spiro atoms. The summed E-state index contributed by atoms with van der Waals surface area (Å²) < 4.78 is 0. The Labute approximate surface area is 78.3 Å². The number of allylic oxidation sites excluding steroid dienone is 1. The summed E-state index contributed by atoms with van der Waals surface area (Å²) in [5.74, 6) is -0.0863. The number of amides is 1. The molecule has 68 valence electrons. The van der Waals surface area contributed by atoms with Crippen LogP contribution in [-0.4, -0.2) is 5.91 Å². The summed E-state index contributed by atoms with van der Waals surface area (Å²) >= 11 is 0.